The van der Waals surface area contributed by atoms with Gasteiger partial charge in [0.1, 0.15) is 13.2 Å². The lowest BCUT2D eigenvalue weighted by atomic mass is 10.0. The Kier molecular flexibility index (Phi) is 51.3. The van der Waals surface area contributed by atoms with E-state index in [4.69, 9.17) is 14.2 Å². The van der Waals surface area contributed by atoms with E-state index in [1.165, 1.54) is 161 Å². The maximum Gasteiger partial charge on any atom is 0.306 e. The minimum absolute atomic E-state index is 0.0774. The van der Waals surface area contributed by atoms with Crippen molar-refractivity contribution in [3.8, 4) is 0 Å². The van der Waals surface area contributed by atoms with E-state index < -0.39 is 6.10 Å². The average Bonchev–Trinajstić information content (AvgIpc) is 3.29. The summed E-state index contributed by atoms with van der Waals surface area (Å²) >= 11 is 0. The summed E-state index contributed by atoms with van der Waals surface area (Å²) in [5.41, 5.74) is 0. The maximum atomic E-state index is 12.8. The molecule has 0 fully saturated rings. The van der Waals surface area contributed by atoms with E-state index in [1.807, 2.05) is 0 Å². The monoisotopic (exact) mass is 899 g/mol. The highest BCUT2D eigenvalue weighted by atomic mass is 16.6. The molecule has 6 heteroatoms. The van der Waals surface area contributed by atoms with Gasteiger partial charge in [-0.1, -0.05) is 243 Å². The van der Waals surface area contributed by atoms with Crippen molar-refractivity contribution >= 4 is 17.9 Å². The van der Waals surface area contributed by atoms with Crippen molar-refractivity contribution in [2.24, 2.45) is 0 Å². The molecule has 0 rings (SSSR count). The molecule has 0 amide bonds. The first-order valence-corrected chi connectivity index (χ1v) is 28.0. The molecule has 0 saturated heterocycles. The first-order valence-electron chi connectivity index (χ1n) is 28.0. The zero-order valence-electron chi connectivity index (χ0n) is 42.8. The van der Waals surface area contributed by atoms with Gasteiger partial charge >= 0.3 is 17.9 Å². The summed E-state index contributed by atoms with van der Waals surface area (Å²) in [5, 5.41) is 0. The van der Waals surface area contributed by atoms with E-state index in [0.717, 1.165) is 96.3 Å². The Hall–Kier alpha value is -2.37. The van der Waals surface area contributed by atoms with Crippen LogP contribution in [0.4, 0.5) is 0 Å². The zero-order chi connectivity index (χ0) is 46.5. The van der Waals surface area contributed by atoms with Gasteiger partial charge in [0.15, 0.2) is 6.10 Å². The molecular weight excluding hydrogens is 793 g/mol. The van der Waals surface area contributed by atoms with Crippen LogP contribution in [0.3, 0.4) is 0 Å². The van der Waals surface area contributed by atoms with Crippen molar-refractivity contribution in [3.05, 3.63) is 36.5 Å². The van der Waals surface area contributed by atoms with Crippen molar-refractivity contribution in [1.82, 2.24) is 0 Å². The van der Waals surface area contributed by atoms with Gasteiger partial charge in [-0.05, 0) is 70.6 Å². The Balaban J connectivity index is 4.25. The molecule has 0 aromatic rings. The quantitative estimate of drug-likeness (QED) is 0.0262. The zero-order valence-corrected chi connectivity index (χ0v) is 42.8. The van der Waals surface area contributed by atoms with Crippen molar-refractivity contribution < 1.29 is 28.6 Å². The number of carbonyl (C=O) groups excluding carboxylic acids is 3. The largest absolute Gasteiger partial charge is 0.462 e. The Morgan fingerprint density at radius 3 is 0.969 bits per heavy atom. The second-order valence-electron chi connectivity index (χ2n) is 18.8. The topological polar surface area (TPSA) is 78.9 Å². The fourth-order valence-electron chi connectivity index (χ4n) is 8.12. The summed E-state index contributed by atoms with van der Waals surface area (Å²) in [6.07, 6.45) is 62.9. The van der Waals surface area contributed by atoms with Crippen LogP contribution in [0.15, 0.2) is 36.5 Å². The molecule has 0 aliphatic heterocycles. The third-order valence-corrected chi connectivity index (χ3v) is 12.3. The van der Waals surface area contributed by atoms with Crippen LogP contribution in [0.5, 0.6) is 0 Å². The minimum atomic E-state index is -0.779. The molecule has 0 heterocycles. The van der Waals surface area contributed by atoms with Gasteiger partial charge in [-0.15, -0.1) is 0 Å². The highest BCUT2D eigenvalue weighted by Gasteiger charge is 2.19. The van der Waals surface area contributed by atoms with E-state index in [-0.39, 0.29) is 31.1 Å². The molecule has 6 nitrogen and oxygen atoms in total. The Morgan fingerprint density at radius 2 is 0.594 bits per heavy atom. The fraction of sp³-hybridized carbons (Fsp3) is 0.845. The van der Waals surface area contributed by atoms with E-state index in [1.54, 1.807) is 0 Å². The molecule has 0 aliphatic rings. The maximum absolute atomic E-state index is 12.8. The second kappa shape index (κ2) is 53.2. The number of unbranched alkanes of at least 4 members (excludes halogenated alkanes) is 34. The van der Waals surface area contributed by atoms with E-state index in [9.17, 15) is 14.4 Å². The predicted octanol–water partition coefficient (Wildman–Crippen LogP) is 18.5. The van der Waals surface area contributed by atoms with Gasteiger partial charge in [0, 0.05) is 19.3 Å². The van der Waals surface area contributed by atoms with Gasteiger partial charge < -0.3 is 14.2 Å². The third-order valence-electron chi connectivity index (χ3n) is 12.3. The van der Waals surface area contributed by atoms with Crippen LogP contribution in [0.1, 0.15) is 297 Å². The van der Waals surface area contributed by atoms with Gasteiger partial charge in [-0.2, -0.15) is 0 Å². The lowest BCUT2D eigenvalue weighted by Crippen LogP contribution is -2.30. The smallest absolute Gasteiger partial charge is 0.306 e. The summed E-state index contributed by atoms with van der Waals surface area (Å²) in [4.78, 5) is 38.0. The van der Waals surface area contributed by atoms with Gasteiger partial charge in [0.2, 0.25) is 0 Å². The lowest BCUT2D eigenvalue weighted by Gasteiger charge is -2.18. The van der Waals surface area contributed by atoms with E-state index in [2.05, 4.69) is 57.2 Å². The number of hydrogen-bond acceptors (Lipinski definition) is 6. The molecule has 0 aromatic heterocycles. The van der Waals surface area contributed by atoms with E-state index in [0.29, 0.717) is 19.3 Å². The van der Waals surface area contributed by atoms with Crippen molar-refractivity contribution in [2.75, 3.05) is 13.2 Å². The van der Waals surface area contributed by atoms with Gasteiger partial charge in [-0.3, -0.25) is 14.4 Å². The summed E-state index contributed by atoms with van der Waals surface area (Å²) in [6, 6.07) is 0. The fourth-order valence-corrected chi connectivity index (χ4v) is 8.12. The van der Waals surface area contributed by atoms with E-state index >= 15 is 0 Å². The predicted molar refractivity (Wildman–Crippen MR) is 275 cm³/mol. The number of carbonyl (C=O) groups is 3. The summed E-state index contributed by atoms with van der Waals surface area (Å²) < 4.78 is 16.8. The molecule has 0 spiro atoms. The van der Waals surface area contributed by atoms with Crippen molar-refractivity contribution in [1.29, 1.82) is 0 Å². The summed E-state index contributed by atoms with van der Waals surface area (Å²) in [7, 11) is 0. The Morgan fingerprint density at radius 1 is 0.312 bits per heavy atom. The average molecular weight is 899 g/mol. The standard InChI is InChI=1S/C58H106O6/c1-4-7-10-13-16-19-22-24-26-27-28-29-30-31-33-34-36-39-42-45-48-51-57(60)63-54-55(53-62-56(59)50-47-44-41-38-21-18-15-12-9-6-3)64-58(61)52-49-46-43-40-37-35-32-25-23-20-17-14-11-8-5-2/h12,15,17,20,25,32,55H,4-11,13-14,16,18-19,21-24,26-31,33-54H2,1-3H3/b15-12-,20-17-,32-25-. The number of ether oxygens (including phenoxy) is 3. The van der Waals surface area contributed by atoms with Crippen molar-refractivity contribution in [3.63, 3.8) is 0 Å². The molecule has 1 unspecified atom stereocenters. The van der Waals surface area contributed by atoms with Crippen LogP contribution in [0.25, 0.3) is 0 Å². The molecule has 0 aromatic carbocycles. The second-order valence-corrected chi connectivity index (χ2v) is 18.8. The molecule has 0 radical (unpaired) electrons. The SMILES string of the molecule is CCC/C=C\CCCCCCCC(=O)OCC(COC(=O)CCCCCCCCCCCCCCCCCCCCCCC)OC(=O)CCCCCCC/C=C\C/C=C\CCCCC. The molecule has 0 saturated carbocycles. The van der Waals surface area contributed by atoms with Crippen LogP contribution in [-0.2, 0) is 28.6 Å². The summed E-state index contributed by atoms with van der Waals surface area (Å²) in [6.45, 7) is 6.57. The van der Waals surface area contributed by atoms with Gasteiger partial charge in [-0.25, -0.2) is 0 Å². The first-order chi connectivity index (χ1) is 31.5. The van der Waals surface area contributed by atoms with Crippen LogP contribution in [0.2, 0.25) is 0 Å². The number of allylic oxidation sites excluding steroid dienone is 6. The number of esters is 3. The molecule has 374 valence electrons. The highest BCUT2D eigenvalue weighted by Crippen LogP contribution is 2.17. The Bertz CT molecular complexity index is 1080. The van der Waals surface area contributed by atoms with Crippen molar-refractivity contribution in [2.45, 2.75) is 303 Å². The van der Waals surface area contributed by atoms with Gasteiger partial charge in [0.05, 0.1) is 0 Å². The number of hydrogen-bond donors (Lipinski definition) is 0. The normalized spacial score (nSPS) is 12.2. The highest BCUT2D eigenvalue weighted by molar-refractivity contribution is 5.71. The Labute approximate surface area is 397 Å². The molecule has 0 bridgehead atoms. The molecule has 64 heavy (non-hydrogen) atoms. The molecule has 0 aliphatic carbocycles. The van der Waals surface area contributed by atoms with Crippen LogP contribution in [-0.4, -0.2) is 37.2 Å². The van der Waals surface area contributed by atoms with Crippen LogP contribution >= 0.6 is 0 Å². The first kappa shape index (κ1) is 61.6. The van der Waals surface area contributed by atoms with Crippen LogP contribution < -0.4 is 0 Å². The van der Waals surface area contributed by atoms with Gasteiger partial charge in [0.25, 0.3) is 0 Å². The van der Waals surface area contributed by atoms with Crippen LogP contribution in [0, 0.1) is 0 Å². The lowest BCUT2D eigenvalue weighted by molar-refractivity contribution is -0.167. The molecular formula is C58H106O6. The summed E-state index contributed by atoms with van der Waals surface area (Å²) in [5.74, 6) is -0.889. The minimum Gasteiger partial charge on any atom is -0.462 e. The molecule has 0 N–H and O–H groups in total. The third kappa shape index (κ3) is 50.6. The molecule has 1 atom stereocenters. The number of rotatable bonds is 51.